The smallest absolute Gasteiger partial charge is 0.406 e. The molecule has 156 valence electrons. The van der Waals surface area contributed by atoms with E-state index in [2.05, 4.69) is 24.8 Å². The molecule has 1 aromatic carbocycles. The Bertz CT molecular complexity index is 792. The number of hydrogen-bond donors (Lipinski definition) is 1. The zero-order valence-corrected chi connectivity index (χ0v) is 16.0. The molecule has 1 unspecified atom stereocenters. The van der Waals surface area contributed by atoms with Crippen LogP contribution < -0.4 is 10.1 Å². The van der Waals surface area contributed by atoms with Gasteiger partial charge in [0.05, 0.1) is 11.7 Å². The number of rotatable bonds is 6. The lowest BCUT2D eigenvalue weighted by Gasteiger charge is -2.37. The third-order valence-corrected chi connectivity index (χ3v) is 4.80. The van der Waals surface area contributed by atoms with Crippen molar-refractivity contribution in [1.29, 1.82) is 0 Å². The molecule has 1 N–H and O–H groups in total. The lowest BCUT2D eigenvalue weighted by atomic mass is 10.2. The number of amides is 1. The van der Waals surface area contributed by atoms with E-state index < -0.39 is 6.36 Å². The third kappa shape index (κ3) is 6.43. The van der Waals surface area contributed by atoms with Gasteiger partial charge in [-0.15, -0.1) is 13.2 Å². The van der Waals surface area contributed by atoms with Crippen LogP contribution >= 0.6 is 0 Å². The Labute approximate surface area is 167 Å². The molecule has 0 spiro atoms. The van der Waals surface area contributed by atoms with Gasteiger partial charge in [0.25, 0.3) is 0 Å². The van der Waals surface area contributed by atoms with Crippen LogP contribution in [0.25, 0.3) is 0 Å². The number of hydrogen-bond acceptors (Lipinski definition) is 5. The van der Waals surface area contributed by atoms with E-state index in [-0.39, 0.29) is 17.7 Å². The van der Waals surface area contributed by atoms with Crippen molar-refractivity contribution in [1.82, 2.24) is 14.8 Å². The van der Waals surface area contributed by atoms with Gasteiger partial charge in [0, 0.05) is 44.6 Å². The van der Waals surface area contributed by atoms with E-state index in [9.17, 15) is 18.0 Å². The Morgan fingerprint density at radius 1 is 1.14 bits per heavy atom. The van der Waals surface area contributed by atoms with Gasteiger partial charge < -0.3 is 10.1 Å². The number of nitrogens with zero attached hydrogens (tertiary/aromatic N) is 3. The average Bonchev–Trinajstić information content (AvgIpc) is 2.69. The van der Waals surface area contributed by atoms with Crippen LogP contribution in [0.1, 0.15) is 12.6 Å². The third-order valence-electron chi connectivity index (χ3n) is 4.80. The topological polar surface area (TPSA) is 57.7 Å². The SMILES string of the molecule is CC(C(=O)Nc1ccc(OC(F)(F)F)cc1)N1CCN(Cc2ccccn2)CC1. The summed E-state index contributed by atoms with van der Waals surface area (Å²) in [7, 11) is 0. The van der Waals surface area contributed by atoms with Gasteiger partial charge in [-0.25, -0.2) is 0 Å². The number of alkyl halides is 3. The maximum atomic E-state index is 12.5. The zero-order chi connectivity index (χ0) is 20.9. The summed E-state index contributed by atoms with van der Waals surface area (Å²) >= 11 is 0. The molecule has 1 saturated heterocycles. The molecule has 6 nitrogen and oxygen atoms in total. The van der Waals surface area contributed by atoms with Gasteiger partial charge in [-0.3, -0.25) is 19.6 Å². The second kappa shape index (κ2) is 9.23. The van der Waals surface area contributed by atoms with Crippen molar-refractivity contribution in [3.05, 3.63) is 54.4 Å². The Balaban J connectivity index is 1.47. The van der Waals surface area contributed by atoms with Crippen LogP contribution in [-0.2, 0) is 11.3 Å². The first-order valence-electron chi connectivity index (χ1n) is 9.33. The van der Waals surface area contributed by atoms with Crippen LogP contribution in [0.2, 0.25) is 0 Å². The summed E-state index contributed by atoms with van der Waals surface area (Å²) in [6.07, 6.45) is -2.96. The van der Waals surface area contributed by atoms with Gasteiger partial charge >= 0.3 is 6.36 Å². The van der Waals surface area contributed by atoms with Crippen LogP contribution in [0.5, 0.6) is 5.75 Å². The number of carbonyl (C=O) groups excluding carboxylic acids is 1. The van der Waals surface area contributed by atoms with Crippen LogP contribution in [0, 0.1) is 0 Å². The van der Waals surface area contributed by atoms with Gasteiger partial charge in [-0.1, -0.05) is 6.07 Å². The molecule has 0 saturated carbocycles. The number of pyridine rings is 1. The van der Waals surface area contributed by atoms with Gasteiger partial charge in [-0.05, 0) is 43.3 Å². The van der Waals surface area contributed by atoms with Crippen molar-refractivity contribution in [2.45, 2.75) is 25.9 Å². The first kappa shape index (κ1) is 21.1. The van der Waals surface area contributed by atoms with E-state index in [0.717, 1.165) is 38.4 Å². The number of anilines is 1. The molecule has 1 aromatic heterocycles. The van der Waals surface area contributed by atoms with E-state index >= 15 is 0 Å². The molecule has 3 rings (SSSR count). The van der Waals surface area contributed by atoms with Crippen molar-refractivity contribution in [2.24, 2.45) is 0 Å². The predicted molar refractivity (Wildman–Crippen MR) is 102 cm³/mol. The van der Waals surface area contributed by atoms with Crippen molar-refractivity contribution in [3.8, 4) is 5.75 Å². The number of carbonyl (C=O) groups is 1. The highest BCUT2D eigenvalue weighted by Crippen LogP contribution is 2.24. The second-order valence-corrected chi connectivity index (χ2v) is 6.87. The predicted octanol–water partition coefficient (Wildman–Crippen LogP) is 3.13. The van der Waals surface area contributed by atoms with Gasteiger partial charge in [-0.2, -0.15) is 0 Å². The molecule has 0 radical (unpaired) electrons. The number of piperazine rings is 1. The quantitative estimate of drug-likeness (QED) is 0.796. The fraction of sp³-hybridized carbons (Fsp3) is 0.400. The largest absolute Gasteiger partial charge is 0.573 e. The van der Waals surface area contributed by atoms with Crippen LogP contribution in [0.3, 0.4) is 0 Å². The van der Waals surface area contributed by atoms with E-state index in [0.29, 0.717) is 5.69 Å². The lowest BCUT2D eigenvalue weighted by molar-refractivity contribution is -0.274. The minimum atomic E-state index is -4.74. The normalized spacial score (nSPS) is 17.0. The molecule has 1 aliphatic rings. The summed E-state index contributed by atoms with van der Waals surface area (Å²) < 4.78 is 40.5. The summed E-state index contributed by atoms with van der Waals surface area (Å²) in [6, 6.07) is 10.6. The number of halogens is 3. The molecule has 2 heterocycles. The molecule has 1 aliphatic heterocycles. The summed E-state index contributed by atoms with van der Waals surface area (Å²) in [6.45, 7) is 5.77. The van der Waals surface area contributed by atoms with Crippen LogP contribution in [0.15, 0.2) is 48.7 Å². The minimum absolute atomic E-state index is 0.201. The number of aromatic nitrogens is 1. The second-order valence-electron chi connectivity index (χ2n) is 6.87. The number of nitrogens with one attached hydrogen (secondary N) is 1. The molecule has 1 fully saturated rings. The molecule has 1 amide bonds. The molecule has 0 aliphatic carbocycles. The Kier molecular flexibility index (Phi) is 6.71. The fourth-order valence-electron chi connectivity index (χ4n) is 3.18. The Hall–Kier alpha value is -2.65. The zero-order valence-electron chi connectivity index (χ0n) is 16.0. The minimum Gasteiger partial charge on any atom is -0.406 e. The maximum absolute atomic E-state index is 12.5. The monoisotopic (exact) mass is 408 g/mol. The van der Waals surface area contributed by atoms with Crippen molar-refractivity contribution in [3.63, 3.8) is 0 Å². The van der Waals surface area contributed by atoms with Crippen molar-refractivity contribution < 1.29 is 22.7 Å². The van der Waals surface area contributed by atoms with Crippen LogP contribution in [0.4, 0.5) is 18.9 Å². The van der Waals surface area contributed by atoms with E-state index in [1.54, 1.807) is 6.20 Å². The molecule has 0 bridgehead atoms. The van der Waals surface area contributed by atoms with Crippen LogP contribution in [-0.4, -0.2) is 59.3 Å². The molecular weight excluding hydrogens is 385 g/mol. The molecule has 9 heteroatoms. The lowest BCUT2D eigenvalue weighted by Crippen LogP contribution is -2.52. The summed E-state index contributed by atoms with van der Waals surface area (Å²) in [4.78, 5) is 21.2. The maximum Gasteiger partial charge on any atom is 0.573 e. The Morgan fingerprint density at radius 3 is 2.41 bits per heavy atom. The first-order valence-corrected chi connectivity index (χ1v) is 9.33. The number of benzene rings is 1. The molecule has 2 aromatic rings. The van der Waals surface area contributed by atoms with E-state index in [4.69, 9.17) is 0 Å². The van der Waals surface area contributed by atoms with Gasteiger partial charge in [0.2, 0.25) is 5.91 Å². The first-order chi connectivity index (χ1) is 13.8. The standard InChI is InChI=1S/C20H23F3N4O2/c1-15(19(28)25-16-5-7-18(8-6-16)29-20(21,22)23)27-12-10-26(11-13-27)14-17-4-2-3-9-24-17/h2-9,15H,10-14H2,1H3,(H,25,28). The molecule has 29 heavy (non-hydrogen) atoms. The van der Waals surface area contributed by atoms with E-state index in [1.165, 1.54) is 24.3 Å². The van der Waals surface area contributed by atoms with E-state index in [1.807, 2.05) is 25.1 Å². The summed E-state index contributed by atoms with van der Waals surface area (Å²) in [5, 5.41) is 2.74. The highest BCUT2D eigenvalue weighted by atomic mass is 19.4. The summed E-state index contributed by atoms with van der Waals surface area (Å²) in [5.41, 5.74) is 1.44. The molecular formula is C20H23F3N4O2. The highest BCUT2D eigenvalue weighted by molar-refractivity contribution is 5.94. The van der Waals surface area contributed by atoms with Gasteiger partial charge in [0.1, 0.15) is 5.75 Å². The molecule has 1 atom stereocenters. The Morgan fingerprint density at radius 2 is 1.83 bits per heavy atom. The van der Waals surface area contributed by atoms with Gasteiger partial charge in [0.15, 0.2) is 0 Å². The average molecular weight is 408 g/mol. The summed E-state index contributed by atoms with van der Waals surface area (Å²) in [5.74, 6) is -0.528. The van der Waals surface area contributed by atoms with Crippen molar-refractivity contribution >= 4 is 11.6 Å². The highest BCUT2D eigenvalue weighted by Gasteiger charge is 2.31. The van der Waals surface area contributed by atoms with Crippen molar-refractivity contribution in [2.75, 3.05) is 31.5 Å². The number of ether oxygens (including phenoxy) is 1. The fourth-order valence-corrected chi connectivity index (χ4v) is 3.18.